The average Bonchev–Trinajstić information content (AvgIpc) is 2.34. The number of hydrogen-bond donors (Lipinski definition) is 2. The summed E-state index contributed by atoms with van der Waals surface area (Å²) in [5.41, 5.74) is -1.04. The van der Waals surface area contributed by atoms with E-state index in [1.807, 2.05) is 30.3 Å². The molecule has 1 aromatic rings. The van der Waals surface area contributed by atoms with E-state index in [0.29, 0.717) is 18.6 Å². The fraction of sp³-hybridized carbons (Fsp3) is 0.429. The topological polar surface area (TPSA) is 75.6 Å². The molecule has 1 fully saturated rings. The normalized spacial score (nSPS) is 16.2. The van der Waals surface area contributed by atoms with Gasteiger partial charge in [-0.3, -0.25) is 4.79 Å². The third kappa shape index (κ3) is 3.24. The van der Waals surface area contributed by atoms with E-state index in [4.69, 9.17) is 9.84 Å². The van der Waals surface area contributed by atoms with Gasteiger partial charge in [-0.05, 0) is 31.4 Å². The molecule has 0 aliphatic heterocycles. The van der Waals surface area contributed by atoms with E-state index < -0.39 is 11.5 Å². The van der Waals surface area contributed by atoms with E-state index in [-0.39, 0.29) is 18.9 Å². The van der Waals surface area contributed by atoms with Gasteiger partial charge in [-0.15, -0.1) is 0 Å². The summed E-state index contributed by atoms with van der Waals surface area (Å²) in [6.07, 6.45) is 2.01. The molecule has 5 heteroatoms. The maximum Gasteiger partial charge on any atom is 0.329 e. The monoisotopic (exact) mass is 263 g/mol. The van der Waals surface area contributed by atoms with Gasteiger partial charge in [0.1, 0.15) is 11.3 Å². The van der Waals surface area contributed by atoms with Crippen LogP contribution in [0.25, 0.3) is 0 Å². The average molecular weight is 263 g/mol. The van der Waals surface area contributed by atoms with Gasteiger partial charge in [0.2, 0.25) is 5.91 Å². The number of carboxylic acid groups (broad SMARTS) is 1. The van der Waals surface area contributed by atoms with Gasteiger partial charge in [0.15, 0.2) is 0 Å². The second-order valence-corrected chi connectivity index (χ2v) is 4.70. The largest absolute Gasteiger partial charge is 0.493 e. The van der Waals surface area contributed by atoms with Gasteiger partial charge < -0.3 is 15.2 Å². The SMILES string of the molecule is O=C(CCOc1ccccc1)NC1(C(=O)O)CCC1. The van der Waals surface area contributed by atoms with Crippen LogP contribution in [-0.2, 0) is 9.59 Å². The maximum atomic E-state index is 11.7. The number of para-hydroxylation sites is 1. The molecule has 0 unspecified atom stereocenters. The minimum absolute atomic E-state index is 0.157. The molecule has 2 N–H and O–H groups in total. The highest BCUT2D eigenvalue weighted by Gasteiger charge is 2.45. The number of ether oxygens (including phenoxy) is 1. The molecule has 0 heterocycles. The molecule has 0 spiro atoms. The highest BCUT2D eigenvalue weighted by molar-refractivity contribution is 5.87. The zero-order valence-electron chi connectivity index (χ0n) is 10.6. The Morgan fingerprint density at radius 2 is 1.95 bits per heavy atom. The van der Waals surface area contributed by atoms with Crippen molar-refractivity contribution in [2.45, 2.75) is 31.2 Å². The summed E-state index contributed by atoms with van der Waals surface area (Å²) in [4.78, 5) is 22.8. The minimum atomic E-state index is -1.04. The van der Waals surface area contributed by atoms with Crippen molar-refractivity contribution < 1.29 is 19.4 Å². The summed E-state index contributed by atoms with van der Waals surface area (Å²) in [5, 5.41) is 11.7. The second kappa shape index (κ2) is 5.73. The van der Waals surface area contributed by atoms with E-state index in [2.05, 4.69) is 5.32 Å². The molecule has 1 aliphatic rings. The number of amides is 1. The second-order valence-electron chi connectivity index (χ2n) is 4.70. The Hall–Kier alpha value is -2.04. The summed E-state index contributed by atoms with van der Waals surface area (Å²) in [5.74, 6) is -0.527. The predicted molar refractivity (Wildman–Crippen MR) is 68.9 cm³/mol. The van der Waals surface area contributed by atoms with E-state index in [1.165, 1.54) is 0 Å². The molecule has 5 nitrogen and oxygen atoms in total. The molecule has 1 aliphatic carbocycles. The number of carbonyl (C=O) groups excluding carboxylic acids is 1. The molecular formula is C14H17NO4. The molecule has 0 atom stereocenters. The Balaban J connectivity index is 1.74. The molecule has 1 saturated carbocycles. The van der Waals surface area contributed by atoms with Crippen molar-refractivity contribution in [3.8, 4) is 5.75 Å². The summed E-state index contributed by atoms with van der Waals surface area (Å²) >= 11 is 0. The van der Waals surface area contributed by atoms with Crippen molar-refractivity contribution in [2.75, 3.05) is 6.61 Å². The number of carboxylic acids is 1. The van der Waals surface area contributed by atoms with Crippen LogP contribution in [0.3, 0.4) is 0 Å². The van der Waals surface area contributed by atoms with Gasteiger partial charge >= 0.3 is 5.97 Å². The Morgan fingerprint density at radius 1 is 1.26 bits per heavy atom. The molecule has 2 rings (SSSR count). The van der Waals surface area contributed by atoms with Crippen LogP contribution in [0.5, 0.6) is 5.75 Å². The molecule has 0 aromatic heterocycles. The van der Waals surface area contributed by atoms with E-state index >= 15 is 0 Å². The Bertz CT molecular complexity index is 454. The zero-order chi connectivity index (χ0) is 13.7. The molecule has 102 valence electrons. The fourth-order valence-electron chi connectivity index (χ4n) is 2.03. The molecule has 1 amide bonds. The van der Waals surface area contributed by atoms with E-state index in [0.717, 1.165) is 6.42 Å². The van der Waals surface area contributed by atoms with Crippen LogP contribution >= 0.6 is 0 Å². The van der Waals surface area contributed by atoms with Crippen molar-refractivity contribution in [1.29, 1.82) is 0 Å². The third-order valence-corrected chi connectivity index (χ3v) is 3.34. The van der Waals surface area contributed by atoms with Gasteiger partial charge in [-0.1, -0.05) is 18.2 Å². The first kappa shape index (κ1) is 13.4. The van der Waals surface area contributed by atoms with Crippen LogP contribution in [-0.4, -0.2) is 29.1 Å². The molecule has 0 saturated heterocycles. The van der Waals surface area contributed by atoms with Crippen molar-refractivity contribution in [3.63, 3.8) is 0 Å². The Morgan fingerprint density at radius 3 is 2.47 bits per heavy atom. The van der Waals surface area contributed by atoms with Crippen molar-refractivity contribution in [2.24, 2.45) is 0 Å². The van der Waals surface area contributed by atoms with Crippen molar-refractivity contribution in [3.05, 3.63) is 30.3 Å². The molecule has 19 heavy (non-hydrogen) atoms. The first-order valence-electron chi connectivity index (χ1n) is 6.35. The van der Waals surface area contributed by atoms with Gasteiger partial charge in [-0.2, -0.15) is 0 Å². The van der Waals surface area contributed by atoms with Crippen LogP contribution in [0, 0.1) is 0 Å². The zero-order valence-corrected chi connectivity index (χ0v) is 10.6. The lowest BCUT2D eigenvalue weighted by Gasteiger charge is -2.38. The van der Waals surface area contributed by atoms with Crippen LogP contribution in [0.15, 0.2) is 30.3 Å². The quantitative estimate of drug-likeness (QED) is 0.817. The van der Waals surface area contributed by atoms with Crippen molar-refractivity contribution >= 4 is 11.9 Å². The Labute approximate surface area is 111 Å². The van der Waals surface area contributed by atoms with Crippen molar-refractivity contribution in [1.82, 2.24) is 5.32 Å². The smallest absolute Gasteiger partial charge is 0.329 e. The number of hydrogen-bond acceptors (Lipinski definition) is 3. The third-order valence-electron chi connectivity index (χ3n) is 3.34. The number of rotatable bonds is 6. The fourth-order valence-corrected chi connectivity index (χ4v) is 2.03. The minimum Gasteiger partial charge on any atom is -0.493 e. The summed E-state index contributed by atoms with van der Waals surface area (Å²) in [7, 11) is 0. The van der Waals surface area contributed by atoms with Gasteiger partial charge in [0, 0.05) is 0 Å². The summed E-state index contributed by atoms with van der Waals surface area (Å²) in [6, 6.07) is 9.20. The first-order chi connectivity index (χ1) is 9.12. The number of nitrogens with one attached hydrogen (secondary N) is 1. The van der Waals surface area contributed by atoms with Crippen LogP contribution in [0.4, 0.5) is 0 Å². The molecule has 0 bridgehead atoms. The van der Waals surface area contributed by atoms with Crippen LogP contribution in [0.1, 0.15) is 25.7 Å². The van der Waals surface area contributed by atoms with Gasteiger partial charge in [0.25, 0.3) is 0 Å². The number of carbonyl (C=O) groups is 2. The first-order valence-corrected chi connectivity index (χ1v) is 6.35. The van der Waals surface area contributed by atoms with Gasteiger partial charge in [-0.25, -0.2) is 4.79 Å². The van der Waals surface area contributed by atoms with E-state index in [9.17, 15) is 9.59 Å². The Kier molecular flexibility index (Phi) is 4.04. The van der Waals surface area contributed by atoms with Crippen LogP contribution in [0.2, 0.25) is 0 Å². The highest BCUT2D eigenvalue weighted by atomic mass is 16.5. The highest BCUT2D eigenvalue weighted by Crippen LogP contribution is 2.32. The molecule has 0 radical (unpaired) electrons. The van der Waals surface area contributed by atoms with E-state index in [1.54, 1.807) is 0 Å². The molecule has 1 aromatic carbocycles. The lowest BCUT2D eigenvalue weighted by Crippen LogP contribution is -2.59. The van der Waals surface area contributed by atoms with Gasteiger partial charge in [0.05, 0.1) is 13.0 Å². The number of benzene rings is 1. The lowest BCUT2D eigenvalue weighted by atomic mass is 9.76. The predicted octanol–water partition coefficient (Wildman–Crippen LogP) is 1.58. The molecular weight excluding hydrogens is 246 g/mol. The van der Waals surface area contributed by atoms with Crippen LogP contribution < -0.4 is 10.1 Å². The lowest BCUT2D eigenvalue weighted by molar-refractivity contribution is -0.151. The summed E-state index contributed by atoms with van der Waals surface area (Å²) < 4.78 is 5.40. The summed E-state index contributed by atoms with van der Waals surface area (Å²) in [6.45, 7) is 0.242. The standard InChI is InChI=1S/C14H17NO4/c16-12(15-14(13(17)18)8-4-9-14)7-10-19-11-5-2-1-3-6-11/h1-3,5-6H,4,7-10H2,(H,15,16)(H,17,18). The number of aliphatic carboxylic acids is 1. The maximum absolute atomic E-state index is 11.7.